The monoisotopic (exact) mass is 277 g/mol. The Hall–Kier alpha value is -0.670. The minimum absolute atomic E-state index is 0.427. The molecule has 2 saturated heterocycles. The van der Waals surface area contributed by atoms with Crippen LogP contribution in [0, 0.1) is 5.92 Å². The van der Waals surface area contributed by atoms with Crippen LogP contribution in [-0.4, -0.2) is 30.7 Å². The molecule has 2 heterocycles. The van der Waals surface area contributed by atoms with Crippen molar-refractivity contribution in [2.24, 2.45) is 5.92 Å². The van der Waals surface area contributed by atoms with Gasteiger partial charge in [0.15, 0.2) is 0 Å². The van der Waals surface area contributed by atoms with E-state index in [0.717, 1.165) is 17.4 Å². The second-order valence-electron chi connectivity index (χ2n) is 5.67. The van der Waals surface area contributed by atoms with E-state index < -0.39 is 0 Å². The second-order valence-corrected chi connectivity index (χ2v) is 6.82. The maximum Gasteiger partial charge on any atom is 0.120 e. The smallest absolute Gasteiger partial charge is 0.120 e. The summed E-state index contributed by atoms with van der Waals surface area (Å²) in [5, 5.41) is 3.49. The van der Waals surface area contributed by atoms with Crippen LogP contribution in [0.25, 0.3) is 0 Å². The molecule has 0 radical (unpaired) electrons. The zero-order chi connectivity index (χ0) is 12.9. The summed E-state index contributed by atoms with van der Waals surface area (Å²) >= 11 is 2.00. The van der Waals surface area contributed by atoms with Crippen LogP contribution in [0.3, 0.4) is 0 Å². The van der Waals surface area contributed by atoms with Crippen LogP contribution in [-0.2, 0) is 6.42 Å². The molecular formula is C16H23NOS. The fourth-order valence-corrected chi connectivity index (χ4v) is 4.07. The van der Waals surface area contributed by atoms with Gasteiger partial charge in [-0.15, -0.1) is 0 Å². The van der Waals surface area contributed by atoms with Gasteiger partial charge in [-0.25, -0.2) is 0 Å². The number of nitrogens with one attached hydrogen (secondary N) is 1. The zero-order valence-corrected chi connectivity index (χ0v) is 12.3. The van der Waals surface area contributed by atoms with Crippen LogP contribution >= 0.6 is 11.8 Å². The van der Waals surface area contributed by atoms with Crippen molar-refractivity contribution >= 4 is 11.8 Å². The Labute approximate surface area is 120 Å². The van der Waals surface area contributed by atoms with E-state index in [4.69, 9.17) is 4.74 Å². The molecule has 19 heavy (non-hydrogen) atoms. The summed E-state index contributed by atoms with van der Waals surface area (Å²) in [7, 11) is 0. The Kier molecular flexibility index (Phi) is 4.67. The summed E-state index contributed by atoms with van der Waals surface area (Å²) in [6, 6.07) is 8.73. The first kappa shape index (κ1) is 13.3. The first-order chi connectivity index (χ1) is 9.40. The first-order valence-electron chi connectivity index (χ1n) is 7.44. The van der Waals surface area contributed by atoms with Crippen LogP contribution in [0.1, 0.15) is 24.8 Å². The molecule has 0 aliphatic carbocycles. The van der Waals surface area contributed by atoms with Crippen molar-refractivity contribution in [3.63, 3.8) is 0 Å². The zero-order valence-electron chi connectivity index (χ0n) is 11.4. The average Bonchev–Trinajstić information content (AvgIpc) is 2.93. The highest BCUT2D eigenvalue weighted by Gasteiger charge is 2.17. The molecule has 2 unspecified atom stereocenters. The normalized spacial score (nSPS) is 27.4. The maximum atomic E-state index is 6.07. The number of thioether (sulfide) groups is 1. The number of benzene rings is 1. The lowest BCUT2D eigenvalue weighted by Gasteiger charge is -2.23. The van der Waals surface area contributed by atoms with E-state index >= 15 is 0 Å². The summed E-state index contributed by atoms with van der Waals surface area (Å²) < 4.78 is 6.07. The molecule has 2 fully saturated rings. The number of hydrogen-bond acceptors (Lipinski definition) is 3. The molecule has 1 aromatic rings. The number of piperidine rings is 1. The van der Waals surface area contributed by atoms with Crippen molar-refractivity contribution in [3.05, 3.63) is 29.8 Å². The number of ether oxygens (including phenoxy) is 1. The van der Waals surface area contributed by atoms with Crippen molar-refractivity contribution in [3.8, 4) is 5.75 Å². The fourth-order valence-electron chi connectivity index (χ4n) is 2.98. The molecule has 0 aromatic heterocycles. The Morgan fingerprint density at radius 3 is 3.11 bits per heavy atom. The highest BCUT2D eigenvalue weighted by molar-refractivity contribution is 7.99. The van der Waals surface area contributed by atoms with Gasteiger partial charge in [0.05, 0.1) is 0 Å². The Bertz CT molecular complexity index is 397. The van der Waals surface area contributed by atoms with Gasteiger partial charge >= 0.3 is 0 Å². The van der Waals surface area contributed by atoms with Gasteiger partial charge in [0, 0.05) is 5.75 Å². The minimum Gasteiger partial charge on any atom is -0.490 e. The van der Waals surface area contributed by atoms with Gasteiger partial charge in [-0.3, -0.25) is 0 Å². The highest BCUT2D eigenvalue weighted by atomic mass is 32.2. The van der Waals surface area contributed by atoms with E-state index in [2.05, 4.69) is 29.6 Å². The standard InChI is InChI=1S/C16H23NOS/c1-3-13(9-14-4-2-7-17-11-14)10-15(5-1)18-16-6-8-19-12-16/h1,3,5,10,14,16-17H,2,4,6-9,11-12H2. The number of rotatable bonds is 4. The van der Waals surface area contributed by atoms with E-state index in [1.807, 2.05) is 11.8 Å². The Morgan fingerprint density at radius 2 is 2.32 bits per heavy atom. The molecule has 1 aromatic carbocycles. The average molecular weight is 277 g/mol. The quantitative estimate of drug-likeness (QED) is 0.913. The topological polar surface area (TPSA) is 21.3 Å². The van der Waals surface area contributed by atoms with Gasteiger partial charge in [-0.2, -0.15) is 11.8 Å². The molecule has 0 spiro atoms. The lowest BCUT2D eigenvalue weighted by Crippen LogP contribution is -2.30. The summed E-state index contributed by atoms with van der Waals surface area (Å²) in [6.45, 7) is 2.36. The van der Waals surface area contributed by atoms with E-state index in [1.54, 1.807) is 0 Å². The third-order valence-corrected chi connectivity index (χ3v) is 5.14. The molecule has 2 aliphatic heterocycles. The van der Waals surface area contributed by atoms with Gasteiger partial charge in [-0.05, 0) is 68.1 Å². The predicted molar refractivity (Wildman–Crippen MR) is 82.1 cm³/mol. The lowest BCUT2D eigenvalue weighted by molar-refractivity contribution is 0.229. The molecule has 0 saturated carbocycles. The van der Waals surface area contributed by atoms with E-state index in [9.17, 15) is 0 Å². The Balaban J connectivity index is 1.58. The molecule has 3 heteroatoms. The SMILES string of the molecule is c1cc(CC2CCCNC2)cc(OC2CCSC2)c1. The first-order valence-corrected chi connectivity index (χ1v) is 8.60. The van der Waals surface area contributed by atoms with E-state index in [-0.39, 0.29) is 0 Å². The molecule has 104 valence electrons. The molecule has 2 atom stereocenters. The van der Waals surface area contributed by atoms with Gasteiger partial charge in [0.1, 0.15) is 11.9 Å². The van der Waals surface area contributed by atoms with Crippen LogP contribution in [0.4, 0.5) is 0 Å². The van der Waals surface area contributed by atoms with Gasteiger partial charge in [0.2, 0.25) is 0 Å². The van der Waals surface area contributed by atoms with Gasteiger partial charge < -0.3 is 10.1 Å². The largest absolute Gasteiger partial charge is 0.490 e. The predicted octanol–water partition coefficient (Wildman–Crippen LogP) is 3.11. The van der Waals surface area contributed by atoms with Crippen LogP contribution in [0.5, 0.6) is 5.75 Å². The molecule has 1 N–H and O–H groups in total. The third-order valence-electron chi connectivity index (χ3n) is 4.01. The van der Waals surface area contributed by atoms with Crippen LogP contribution in [0.15, 0.2) is 24.3 Å². The van der Waals surface area contributed by atoms with Crippen molar-refractivity contribution < 1.29 is 4.74 Å². The molecule has 0 bridgehead atoms. The van der Waals surface area contributed by atoms with Crippen molar-refractivity contribution in [1.29, 1.82) is 0 Å². The lowest BCUT2D eigenvalue weighted by atomic mass is 9.92. The summed E-state index contributed by atoms with van der Waals surface area (Å²) in [6.07, 6.45) is 5.49. The van der Waals surface area contributed by atoms with E-state index in [0.29, 0.717) is 6.10 Å². The summed E-state index contributed by atoms with van der Waals surface area (Å²) in [5.41, 5.74) is 1.43. The van der Waals surface area contributed by atoms with Crippen molar-refractivity contribution in [1.82, 2.24) is 5.32 Å². The van der Waals surface area contributed by atoms with Gasteiger partial charge in [-0.1, -0.05) is 12.1 Å². The van der Waals surface area contributed by atoms with Crippen molar-refractivity contribution in [2.45, 2.75) is 31.8 Å². The van der Waals surface area contributed by atoms with Crippen molar-refractivity contribution in [2.75, 3.05) is 24.6 Å². The molecule has 2 aliphatic rings. The molecule has 0 amide bonds. The maximum absolute atomic E-state index is 6.07. The summed E-state index contributed by atoms with van der Waals surface area (Å²) in [5.74, 6) is 4.26. The highest BCUT2D eigenvalue weighted by Crippen LogP contribution is 2.25. The van der Waals surface area contributed by atoms with E-state index in [1.165, 1.54) is 50.1 Å². The second kappa shape index (κ2) is 6.67. The van der Waals surface area contributed by atoms with Crippen LogP contribution in [0.2, 0.25) is 0 Å². The fraction of sp³-hybridized carbons (Fsp3) is 0.625. The molecule has 2 nitrogen and oxygen atoms in total. The molecular weight excluding hydrogens is 254 g/mol. The minimum atomic E-state index is 0.427. The Morgan fingerprint density at radius 1 is 1.32 bits per heavy atom. The molecule has 3 rings (SSSR count). The van der Waals surface area contributed by atoms with Crippen LogP contribution < -0.4 is 10.1 Å². The van der Waals surface area contributed by atoms with Gasteiger partial charge in [0.25, 0.3) is 0 Å². The third kappa shape index (κ3) is 3.90. The number of hydrogen-bond donors (Lipinski definition) is 1. The summed E-state index contributed by atoms with van der Waals surface area (Å²) in [4.78, 5) is 0.